The predicted octanol–water partition coefficient (Wildman–Crippen LogP) is 2.74. The molecule has 1 rings (SSSR count). The van der Waals surface area contributed by atoms with Gasteiger partial charge in [-0.05, 0) is 19.1 Å². The number of benzene rings is 1. The second-order valence-electron chi connectivity index (χ2n) is 3.69. The van der Waals surface area contributed by atoms with E-state index >= 15 is 0 Å². The molecule has 0 atom stereocenters. The summed E-state index contributed by atoms with van der Waals surface area (Å²) < 4.78 is 41.8. The van der Waals surface area contributed by atoms with Gasteiger partial charge in [0.15, 0.2) is 0 Å². The number of aliphatic hydroxyl groups is 1. The minimum absolute atomic E-state index is 0.0251. The van der Waals surface area contributed by atoms with Crippen molar-refractivity contribution in [3.63, 3.8) is 0 Å². The molecule has 0 saturated carbocycles. The van der Waals surface area contributed by atoms with Crippen LogP contribution in [0.1, 0.15) is 18.1 Å². The Hall–Kier alpha value is -2.31. The zero-order chi connectivity index (χ0) is 15.3. The first-order chi connectivity index (χ1) is 9.25. The van der Waals surface area contributed by atoms with Gasteiger partial charge in [-0.3, -0.25) is 4.79 Å². The van der Waals surface area contributed by atoms with Gasteiger partial charge in [-0.1, -0.05) is 12.1 Å². The van der Waals surface area contributed by atoms with E-state index in [0.717, 1.165) is 12.1 Å². The molecule has 0 aliphatic heterocycles. The fraction of sp³-hybridized carbons (Fsp3) is 0.231. The van der Waals surface area contributed by atoms with Gasteiger partial charge in [0.05, 0.1) is 12.2 Å². The first kappa shape index (κ1) is 15.7. The fourth-order valence-electron chi connectivity index (χ4n) is 1.32. The van der Waals surface area contributed by atoms with E-state index in [2.05, 4.69) is 4.74 Å². The van der Waals surface area contributed by atoms with Crippen LogP contribution in [0.15, 0.2) is 30.3 Å². The van der Waals surface area contributed by atoms with Gasteiger partial charge in [0, 0.05) is 11.6 Å². The van der Waals surface area contributed by atoms with Gasteiger partial charge in [0.25, 0.3) is 5.78 Å². The lowest BCUT2D eigenvalue weighted by Gasteiger charge is -2.08. The van der Waals surface area contributed by atoms with Crippen molar-refractivity contribution in [2.24, 2.45) is 0 Å². The van der Waals surface area contributed by atoms with Gasteiger partial charge in [0.2, 0.25) is 0 Å². The summed E-state index contributed by atoms with van der Waals surface area (Å²) in [7, 11) is 0. The van der Waals surface area contributed by atoms with E-state index in [9.17, 15) is 27.9 Å². The molecule has 108 valence electrons. The van der Waals surface area contributed by atoms with Crippen molar-refractivity contribution in [1.82, 2.24) is 0 Å². The minimum atomic E-state index is -4.57. The number of esters is 1. The molecule has 20 heavy (non-hydrogen) atoms. The lowest BCUT2D eigenvalue weighted by Crippen LogP contribution is -2.15. The fourth-order valence-corrected chi connectivity index (χ4v) is 1.32. The van der Waals surface area contributed by atoms with E-state index in [0.29, 0.717) is 12.1 Å². The Balaban J connectivity index is 3.00. The highest BCUT2D eigenvalue weighted by Gasteiger charge is 2.30. The maximum absolute atomic E-state index is 12.5. The van der Waals surface area contributed by atoms with Crippen LogP contribution < -0.4 is 0 Å². The number of hydrogen-bond donors (Lipinski definition) is 1. The third-order valence-electron chi connectivity index (χ3n) is 2.23. The SMILES string of the molecule is CCOC(=O)C(=O)C=C(O)c1cccc(C(F)(F)F)c1. The molecule has 7 heteroatoms. The molecular weight excluding hydrogens is 277 g/mol. The summed E-state index contributed by atoms with van der Waals surface area (Å²) in [6, 6.07) is 3.75. The number of rotatable bonds is 4. The quantitative estimate of drug-likeness (QED) is 0.400. The highest BCUT2D eigenvalue weighted by atomic mass is 19.4. The lowest BCUT2D eigenvalue weighted by molar-refractivity contribution is -0.151. The molecule has 0 fully saturated rings. The van der Waals surface area contributed by atoms with Gasteiger partial charge in [0.1, 0.15) is 5.76 Å². The third-order valence-corrected chi connectivity index (χ3v) is 2.23. The summed E-state index contributed by atoms with van der Waals surface area (Å²) in [6.45, 7) is 1.46. The molecule has 0 amide bonds. The van der Waals surface area contributed by atoms with Crippen molar-refractivity contribution >= 4 is 17.5 Å². The summed E-state index contributed by atoms with van der Waals surface area (Å²) in [5.74, 6) is -3.08. The normalized spacial score (nSPS) is 12.1. The maximum Gasteiger partial charge on any atom is 0.416 e. The van der Waals surface area contributed by atoms with Crippen molar-refractivity contribution < 1.29 is 32.6 Å². The molecular formula is C13H11F3O4. The van der Waals surface area contributed by atoms with Crippen LogP contribution in [0.3, 0.4) is 0 Å². The number of carbonyl (C=O) groups is 2. The number of hydrogen-bond acceptors (Lipinski definition) is 4. The van der Waals surface area contributed by atoms with Crippen LogP contribution in [0.2, 0.25) is 0 Å². The Morgan fingerprint density at radius 2 is 2.00 bits per heavy atom. The average molecular weight is 288 g/mol. The second kappa shape index (κ2) is 6.23. The van der Waals surface area contributed by atoms with Crippen LogP contribution in [-0.2, 0) is 20.5 Å². The van der Waals surface area contributed by atoms with Crippen LogP contribution in [0, 0.1) is 0 Å². The number of ether oxygens (including phenoxy) is 1. The van der Waals surface area contributed by atoms with E-state index in [1.807, 2.05) is 0 Å². The predicted molar refractivity (Wildman–Crippen MR) is 63.7 cm³/mol. The number of halogens is 3. The Bertz CT molecular complexity index is 547. The summed E-state index contributed by atoms with van der Waals surface area (Å²) >= 11 is 0. The standard InChI is InChI=1S/C13H11F3O4/c1-2-20-12(19)11(18)7-10(17)8-4-3-5-9(6-8)13(14,15)16/h3-7,17H,2H2,1H3. The van der Waals surface area contributed by atoms with Crippen LogP contribution in [-0.4, -0.2) is 23.5 Å². The number of ketones is 1. The van der Waals surface area contributed by atoms with E-state index in [4.69, 9.17) is 0 Å². The minimum Gasteiger partial charge on any atom is -0.507 e. The topological polar surface area (TPSA) is 63.6 Å². The van der Waals surface area contributed by atoms with Crippen molar-refractivity contribution in [2.45, 2.75) is 13.1 Å². The summed E-state index contributed by atoms with van der Waals surface area (Å²) in [5.41, 5.74) is -1.20. The molecule has 0 spiro atoms. The van der Waals surface area contributed by atoms with Crippen LogP contribution in [0.4, 0.5) is 13.2 Å². The monoisotopic (exact) mass is 288 g/mol. The molecule has 0 aliphatic rings. The highest BCUT2D eigenvalue weighted by Crippen LogP contribution is 2.30. The first-order valence-electron chi connectivity index (χ1n) is 5.55. The molecule has 0 bridgehead atoms. The molecule has 0 unspecified atom stereocenters. The largest absolute Gasteiger partial charge is 0.507 e. The van der Waals surface area contributed by atoms with Gasteiger partial charge in [-0.25, -0.2) is 4.79 Å². The highest BCUT2D eigenvalue weighted by molar-refractivity contribution is 6.39. The molecule has 0 aromatic heterocycles. The molecule has 1 aromatic rings. The van der Waals surface area contributed by atoms with E-state index < -0.39 is 29.3 Å². The smallest absolute Gasteiger partial charge is 0.416 e. The molecule has 1 aromatic carbocycles. The molecule has 0 aliphatic carbocycles. The van der Waals surface area contributed by atoms with Gasteiger partial charge in [-0.15, -0.1) is 0 Å². The van der Waals surface area contributed by atoms with E-state index in [1.54, 1.807) is 0 Å². The molecule has 0 radical (unpaired) electrons. The Morgan fingerprint density at radius 1 is 1.35 bits per heavy atom. The van der Waals surface area contributed by atoms with Gasteiger partial charge >= 0.3 is 12.1 Å². The Kier molecular flexibility index (Phi) is 4.90. The summed E-state index contributed by atoms with van der Waals surface area (Å²) in [4.78, 5) is 22.3. The van der Waals surface area contributed by atoms with Crippen molar-refractivity contribution in [3.8, 4) is 0 Å². The van der Waals surface area contributed by atoms with Crippen molar-refractivity contribution in [2.75, 3.05) is 6.61 Å². The zero-order valence-corrected chi connectivity index (χ0v) is 10.4. The summed E-state index contributed by atoms with van der Waals surface area (Å²) in [5, 5.41) is 9.56. The van der Waals surface area contributed by atoms with Crippen molar-refractivity contribution in [1.29, 1.82) is 0 Å². The van der Waals surface area contributed by atoms with Gasteiger partial charge < -0.3 is 9.84 Å². The Labute approximate surface area is 112 Å². The molecule has 1 N–H and O–H groups in total. The van der Waals surface area contributed by atoms with E-state index in [-0.39, 0.29) is 12.2 Å². The van der Waals surface area contributed by atoms with Crippen LogP contribution in [0.25, 0.3) is 5.76 Å². The third kappa shape index (κ3) is 4.11. The average Bonchev–Trinajstić information content (AvgIpc) is 2.38. The number of aliphatic hydroxyl groups excluding tert-OH is 1. The molecule has 0 heterocycles. The zero-order valence-electron chi connectivity index (χ0n) is 10.4. The summed E-state index contributed by atoms with van der Waals surface area (Å²) in [6.07, 6.45) is -4.05. The first-order valence-corrected chi connectivity index (χ1v) is 5.55. The Morgan fingerprint density at radius 3 is 2.55 bits per heavy atom. The second-order valence-corrected chi connectivity index (χ2v) is 3.69. The van der Waals surface area contributed by atoms with Crippen LogP contribution in [0.5, 0.6) is 0 Å². The molecule has 4 nitrogen and oxygen atoms in total. The van der Waals surface area contributed by atoms with Crippen LogP contribution >= 0.6 is 0 Å². The van der Waals surface area contributed by atoms with Crippen molar-refractivity contribution in [3.05, 3.63) is 41.5 Å². The number of alkyl halides is 3. The number of carbonyl (C=O) groups excluding carboxylic acids is 2. The van der Waals surface area contributed by atoms with E-state index in [1.165, 1.54) is 13.0 Å². The molecule has 0 saturated heterocycles. The van der Waals surface area contributed by atoms with Gasteiger partial charge in [-0.2, -0.15) is 13.2 Å². The maximum atomic E-state index is 12.5. The lowest BCUT2D eigenvalue weighted by atomic mass is 10.1.